The topological polar surface area (TPSA) is 87.5 Å². The van der Waals surface area contributed by atoms with Gasteiger partial charge in [-0.15, -0.1) is 0 Å². The van der Waals surface area contributed by atoms with Crippen LogP contribution in [0, 0.1) is 13.8 Å². The van der Waals surface area contributed by atoms with Crippen molar-refractivity contribution in [1.29, 1.82) is 0 Å². The Labute approximate surface area is 153 Å². The number of amides is 3. The van der Waals surface area contributed by atoms with E-state index < -0.39 is 0 Å². The predicted molar refractivity (Wildman–Crippen MR) is 100 cm³/mol. The highest BCUT2D eigenvalue weighted by Gasteiger charge is 2.17. The summed E-state index contributed by atoms with van der Waals surface area (Å²) in [6.07, 6.45) is 0. The maximum atomic E-state index is 12.4. The molecule has 7 nitrogen and oxygen atoms in total. The molecule has 0 fully saturated rings. The molecule has 0 radical (unpaired) electrons. The SMILES string of the molecule is Cc1noc(C)c1CN(C)C(=O)Nc1ccc(C(=O)NC(C)(C)C)cc1. The summed E-state index contributed by atoms with van der Waals surface area (Å²) in [6.45, 7) is 9.84. The van der Waals surface area contributed by atoms with Gasteiger partial charge in [-0.2, -0.15) is 0 Å². The summed E-state index contributed by atoms with van der Waals surface area (Å²) < 4.78 is 5.12. The highest BCUT2D eigenvalue weighted by Crippen LogP contribution is 2.16. The molecule has 1 aromatic carbocycles. The van der Waals surface area contributed by atoms with Gasteiger partial charge in [0.1, 0.15) is 5.76 Å². The fourth-order valence-corrected chi connectivity index (χ4v) is 2.37. The lowest BCUT2D eigenvalue weighted by Gasteiger charge is -2.20. The molecular weight excluding hydrogens is 332 g/mol. The van der Waals surface area contributed by atoms with Gasteiger partial charge < -0.3 is 20.1 Å². The smallest absolute Gasteiger partial charge is 0.321 e. The lowest BCUT2D eigenvalue weighted by atomic mass is 10.1. The van der Waals surface area contributed by atoms with Gasteiger partial charge in [-0.3, -0.25) is 4.79 Å². The summed E-state index contributed by atoms with van der Waals surface area (Å²) in [5.41, 5.74) is 2.54. The Morgan fingerprint density at radius 3 is 2.27 bits per heavy atom. The fourth-order valence-electron chi connectivity index (χ4n) is 2.37. The van der Waals surface area contributed by atoms with E-state index in [-0.39, 0.29) is 17.5 Å². The molecule has 3 amide bonds. The molecule has 0 saturated carbocycles. The standard InChI is InChI=1S/C19H26N4O3/c1-12-16(13(2)26-22-12)11-23(6)18(25)20-15-9-7-14(8-10-15)17(24)21-19(3,4)5/h7-10H,11H2,1-6H3,(H,20,25)(H,21,24). The van der Waals surface area contributed by atoms with Gasteiger partial charge in [0, 0.05) is 29.4 Å². The fraction of sp³-hybridized carbons (Fsp3) is 0.421. The van der Waals surface area contributed by atoms with E-state index in [0.717, 1.165) is 11.3 Å². The minimum Gasteiger partial charge on any atom is -0.361 e. The highest BCUT2D eigenvalue weighted by molar-refractivity contribution is 5.95. The van der Waals surface area contributed by atoms with Crippen LogP contribution in [0.25, 0.3) is 0 Å². The van der Waals surface area contributed by atoms with E-state index in [1.165, 1.54) is 0 Å². The number of nitrogens with one attached hydrogen (secondary N) is 2. The van der Waals surface area contributed by atoms with Crippen LogP contribution < -0.4 is 10.6 Å². The first-order chi connectivity index (χ1) is 12.1. The van der Waals surface area contributed by atoms with Gasteiger partial charge in [0.05, 0.1) is 12.2 Å². The number of urea groups is 1. The van der Waals surface area contributed by atoms with Crippen LogP contribution in [-0.2, 0) is 6.54 Å². The van der Waals surface area contributed by atoms with Crippen LogP contribution in [-0.4, -0.2) is 34.6 Å². The third-order valence-electron chi connectivity index (χ3n) is 3.81. The summed E-state index contributed by atoms with van der Waals surface area (Å²) in [7, 11) is 1.70. The number of benzene rings is 1. The van der Waals surface area contributed by atoms with Crippen LogP contribution in [0.3, 0.4) is 0 Å². The van der Waals surface area contributed by atoms with Gasteiger partial charge in [0.15, 0.2) is 0 Å². The number of rotatable bonds is 4. The van der Waals surface area contributed by atoms with Gasteiger partial charge in [-0.05, 0) is 58.9 Å². The first kappa shape index (κ1) is 19.5. The summed E-state index contributed by atoms with van der Waals surface area (Å²) in [6, 6.07) is 6.53. The van der Waals surface area contributed by atoms with Gasteiger partial charge in [-0.25, -0.2) is 4.79 Å². The average Bonchev–Trinajstić information content (AvgIpc) is 2.85. The van der Waals surface area contributed by atoms with Crippen LogP contribution in [0.5, 0.6) is 0 Å². The van der Waals surface area contributed by atoms with Crippen molar-refractivity contribution in [1.82, 2.24) is 15.4 Å². The Hall–Kier alpha value is -2.83. The van der Waals surface area contributed by atoms with Crippen LogP contribution in [0.15, 0.2) is 28.8 Å². The Morgan fingerprint density at radius 1 is 1.15 bits per heavy atom. The van der Waals surface area contributed by atoms with Crippen molar-refractivity contribution in [2.45, 2.75) is 46.7 Å². The first-order valence-corrected chi connectivity index (χ1v) is 8.43. The normalized spacial score (nSPS) is 11.2. The molecule has 0 unspecified atom stereocenters. The van der Waals surface area contributed by atoms with Crippen LogP contribution in [0.1, 0.15) is 48.1 Å². The minimum atomic E-state index is -0.301. The van der Waals surface area contributed by atoms with Crippen molar-refractivity contribution < 1.29 is 14.1 Å². The molecule has 7 heteroatoms. The van der Waals surface area contributed by atoms with E-state index in [4.69, 9.17) is 4.52 Å². The predicted octanol–water partition coefficient (Wildman–Crippen LogP) is 3.48. The van der Waals surface area contributed by atoms with Crippen LogP contribution in [0.4, 0.5) is 10.5 Å². The molecule has 0 aliphatic carbocycles. The molecule has 1 heterocycles. The number of hydrogen-bond donors (Lipinski definition) is 2. The van der Waals surface area contributed by atoms with Crippen molar-refractivity contribution in [3.05, 3.63) is 46.8 Å². The molecule has 0 bridgehead atoms. The molecule has 0 aliphatic rings. The maximum absolute atomic E-state index is 12.4. The second kappa shape index (κ2) is 7.59. The van der Waals surface area contributed by atoms with Gasteiger partial charge in [0.25, 0.3) is 5.91 Å². The Balaban J connectivity index is 1.97. The van der Waals surface area contributed by atoms with Gasteiger partial charge >= 0.3 is 6.03 Å². The van der Waals surface area contributed by atoms with Crippen molar-refractivity contribution in [3.8, 4) is 0 Å². The molecule has 2 rings (SSSR count). The molecule has 0 spiro atoms. The first-order valence-electron chi connectivity index (χ1n) is 8.43. The quantitative estimate of drug-likeness (QED) is 0.876. The number of aryl methyl sites for hydroxylation is 2. The zero-order chi connectivity index (χ0) is 19.5. The number of anilines is 1. The van der Waals surface area contributed by atoms with Crippen molar-refractivity contribution in [2.24, 2.45) is 0 Å². The Kier molecular flexibility index (Phi) is 5.69. The van der Waals surface area contributed by atoms with E-state index in [9.17, 15) is 9.59 Å². The zero-order valence-electron chi connectivity index (χ0n) is 16.1. The molecule has 2 N–H and O–H groups in total. The lowest BCUT2D eigenvalue weighted by Crippen LogP contribution is -2.40. The lowest BCUT2D eigenvalue weighted by molar-refractivity contribution is 0.0919. The monoisotopic (exact) mass is 358 g/mol. The zero-order valence-corrected chi connectivity index (χ0v) is 16.1. The van der Waals surface area contributed by atoms with Crippen molar-refractivity contribution >= 4 is 17.6 Å². The third kappa shape index (κ3) is 5.08. The minimum absolute atomic E-state index is 0.147. The van der Waals surface area contributed by atoms with E-state index in [1.807, 2.05) is 34.6 Å². The summed E-state index contributed by atoms with van der Waals surface area (Å²) >= 11 is 0. The number of carbonyl (C=O) groups excluding carboxylic acids is 2. The van der Waals surface area contributed by atoms with Gasteiger partial charge in [-0.1, -0.05) is 5.16 Å². The van der Waals surface area contributed by atoms with Gasteiger partial charge in [0.2, 0.25) is 0 Å². The van der Waals surface area contributed by atoms with Crippen molar-refractivity contribution in [2.75, 3.05) is 12.4 Å². The number of nitrogens with zero attached hydrogens (tertiary/aromatic N) is 2. The second-order valence-corrected chi connectivity index (χ2v) is 7.37. The number of aromatic nitrogens is 1. The molecule has 2 aromatic rings. The maximum Gasteiger partial charge on any atom is 0.321 e. The highest BCUT2D eigenvalue weighted by atomic mass is 16.5. The Bertz CT molecular complexity index is 769. The second-order valence-electron chi connectivity index (χ2n) is 7.37. The van der Waals surface area contributed by atoms with E-state index in [2.05, 4.69) is 15.8 Å². The molecule has 26 heavy (non-hydrogen) atoms. The summed E-state index contributed by atoms with van der Waals surface area (Å²) in [5, 5.41) is 9.60. The average molecular weight is 358 g/mol. The van der Waals surface area contributed by atoms with Crippen molar-refractivity contribution in [3.63, 3.8) is 0 Å². The molecular formula is C19H26N4O3. The summed E-state index contributed by atoms with van der Waals surface area (Å²) in [4.78, 5) is 26.0. The molecule has 0 aliphatic heterocycles. The Morgan fingerprint density at radius 2 is 1.77 bits per heavy atom. The molecule has 140 valence electrons. The number of carbonyl (C=O) groups is 2. The van der Waals surface area contributed by atoms with Crippen LogP contribution >= 0.6 is 0 Å². The van der Waals surface area contributed by atoms with Crippen LogP contribution in [0.2, 0.25) is 0 Å². The summed E-state index contributed by atoms with van der Waals surface area (Å²) in [5.74, 6) is 0.558. The third-order valence-corrected chi connectivity index (χ3v) is 3.81. The van der Waals surface area contributed by atoms with E-state index >= 15 is 0 Å². The van der Waals surface area contributed by atoms with E-state index in [0.29, 0.717) is 23.6 Å². The molecule has 0 atom stereocenters. The molecule has 1 aromatic heterocycles. The number of hydrogen-bond acceptors (Lipinski definition) is 4. The molecule has 0 saturated heterocycles. The van der Waals surface area contributed by atoms with E-state index in [1.54, 1.807) is 36.2 Å². The largest absolute Gasteiger partial charge is 0.361 e.